The summed E-state index contributed by atoms with van der Waals surface area (Å²) < 4.78 is 18.6. The molecule has 1 atom stereocenters. The molecule has 0 spiro atoms. The fourth-order valence-corrected chi connectivity index (χ4v) is 2.12. The number of nitrogens with two attached hydrogens (primary N) is 1. The summed E-state index contributed by atoms with van der Waals surface area (Å²) in [5, 5.41) is 0.134. The minimum absolute atomic E-state index is 0.0414. The van der Waals surface area contributed by atoms with Crippen molar-refractivity contribution in [2.45, 2.75) is 18.9 Å². The van der Waals surface area contributed by atoms with Crippen molar-refractivity contribution in [3.05, 3.63) is 64.9 Å². The van der Waals surface area contributed by atoms with Crippen LogP contribution in [0.4, 0.5) is 4.39 Å². The summed E-state index contributed by atoms with van der Waals surface area (Å²) in [5.74, 6) is 0.431. The van der Waals surface area contributed by atoms with E-state index in [0.29, 0.717) is 13.0 Å². The summed E-state index contributed by atoms with van der Waals surface area (Å²) in [6.45, 7) is 0.556. The number of hydrogen-bond donors (Lipinski definition) is 1. The van der Waals surface area contributed by atoms with Crippen LogP contribution < -0.4 is 10.5 Å². The fourth-order valence-electron chi connectivity index (χ4n) is 1.92. The van der Waals surface area contributed by atoms with Crippen molar-refractivity contribution in [2.75, 3.05) is 6.61 Å². The van der Waals surface area contributed by atoms with Gasteiger partial charge in [-0.05, 0) is 42.7 Å². The lowest BCUT2D eigenvalue weighted by Gasteiger charge is -2.13. The van der Waals surface area contributed by atoms with Crippen LogP contribution in [-0.4, -0.2) is 12.6 Å². The second kappa shape index (κ2) is 7.27. The van der Waals surface area contributed by atoms with Crippen LogP contribution in [0.25, 0.3) is 0 Å². The Kier molecular flexibility index (Phi) is 5.39. The summed E-state index contributed by atoms with van der Waals surface area (Å²) >= 11 is 5.74. The molecule has 4 heteroatoms. The Morgan fingerprint density at radius 2 is 1.90 bits per heavy atom. The van der Waals surface area contributed by atoms with Gasteiger partial charge in [0.05, 0.1) is 11.6 Å². The monoisotopic (exact) mass is 293 g/mol. The highest BCUT2D eigenvalue weighted by Gasteiger charge is 2.07. The van der Waals surface area contributed by atoms with E-state index in [4.69, 9.17) is 22.1 Å². The molecule has 2 N–H and O–H groups in total. The highest BCUT2D eigenvalue weighted by atomic mass is 35.5. The van der Waals surface area contributed by atoms with Gasteiger partial charge < -0.3 is 10.5 Å². The largest absolute Gasteiger partial charge is 0.494 e. The molecule has 1 unspecified atom stereocenters. The molecule has 0 heterocycles. The topological polar surface area (TPSA) is 35.2 Å². The second-order valence-electron chi connectivity index (χ2n) is 4.66. The van der Waals surface area contributed by atoms with Crippen LogP contribution in [-0.2, 0) is 6.42 Å². The van der Waals surface area contributed by atoms with Gasteiger partial charge in [0, 0.05) is 6.04 Å². The summed E-state index contributed by atoms with van der Waals surface area (Å²) in [6, 6.07) is 14.3. The quantitative estimate of drug-likeness (QED) is 0.879. The smallest absolute Gasteiger partial charge is 0.141 e. The Hall–Kier alpha value is -1.58. The van der Waals surface area contributed by atoms with Gasteiger partial charge in [0.1, 0.15) is 11.6 Å². The van der Waals surface area contributed by atoms with E-state index in [2.05, 4.69) is 0 Å². The lowest BCUT2D eigenvalue weighted by atomic mass is 10.0. The van der Waals surface area contributed by atoms with Crippen LogP contribution in [0.15, 0.2) is 48.5 Å². The average molecular weight is 294 g/mol. The molecule has 0 aromatic heterocycles. The lowest BCUT2D eigenvalue weighted by Crippen LogP contribution is -2.25. The molecule has 106 valence electrons. The molecule has 0 aliphatic carbocycles. The molecule has 2 rings (SSSR count). The standard InChI is InChI=1S/C16H17ClFNO/c17-15-11-12(6-7-16(15)18)10-13(19)8-9-20-14-4-2-1-3-5-14/h1-7,11,13H,8-10,19H2. The van der Waals surface area contributed by atoms with Gasteiger partial charge in [0.15, 0.2) is 0 Å². The molecule has 0 bridgehead atoms. The van der Waals surface area contributed by atoms with Gasteiger partial charge in [0.25, 0.3) is 0 Å². The third-order valence-corrected chi connectivity index (χ3v) is 3.27. The SMILES string of the molecule is NC(CCOc1ccccc1)Cc1ccc(F)c(Cl)c1. The molecule has 0 saturated carbocycles. The second-order valence-corrected chi connectivity index (χ2v) is 5.07. The van der Waals surface area contributed by atoms with Gasteiger partial charge in [-0.1, -0.05) is 35.9 Å². The van der Waals surface area contributed by atoms with Gasteiger partial charge >= 0.3 is 0 Å². The predicted molar refractivity (Wildman–Crippen MR) is 79.6 cm³/mol. The fraction of sp³-hybridized carbons (Fsp3) is 0.250. The van der Waals surface area contributed by atoms with Crippen molar-refractivity contribution >= 4 is 11.6 Å². The number of benzene rings is 2. The van der Waals surface area contributed by atoms with E-state index in [1.165, 1.54) is 6.07 Å². The summed E-state index contributed by atoms with van der Waals surface area (Å²) in [6.07, 6.45) is 1.38. The number of rotatable bonds is 6. The van der Waals surface area contributed by atoms with Crippen molar-refractivity contribution in [2.24, 2.45) is 5.73 Å². The van der Waals surface area contributed by atoms with E-state index < -0.39 is 5.82 Å². The average Bonchev–Trinajstić information content (AvgIpc) is 2.44. The van der Waals surface area contributed by atoms with E-state index in [1.807, 2.05) is 30.3 Å². The maximum absolute atomic E-state index is 13.0. The summed E-state index contributed by atoms with van der Waals surface area (Å²) in [7, 11) is 0. The van der Waals surface area contributed by atoms with E-state index >= 15 is 0 Å². The Morgan fingerprint density at radius 3 is 2.60 bits per heavy atom. The molecule has 0 fully saturated rings. The normalized spacial score (nSPS) is 12.2. The first-order valence-electron chi connectivity index (χ1n) is 6.52. The van der Waals surface area contributed by atoms with Crippen molar-refractivity contribution in [3.63, 3.8) is 0 Å². The number of hydrogen-bond acceptors (Lipinski definition) is 2. The Bertz CT molecular complexity index is 547. The Labute approximate surface area is 123 Å². The highest BCUT2D eigenvalue weighted by Crippen LogP contribution is 2.17. The molecule has 2 nitrogen and oxygen atoms in total. The zero-order valence-corrected chi connectivity index (χ0v) is 11.8. The Balaban J connectivity index is 1.77. The van der Waals surface area contributed by atoms with Crippen molar-refractivity contribution in [1.82, 2.24) is 0 Å². The Morgan fingerprint density at radius 1 is 1.15 bits per heavy atom. The number of para-hydroxylation sites is 1. The highest BCUT2D eigenvalue weighted by molar-refractivity contribution is 6.30. The lowest BCUT2D eigenvalue weighted by molar-refractivity contribution is 0.297. The molecule has 2 aromatic rings. The first kappa shape index (κ1) is 14.8. The molecular weight excluding hydrogens is 277 g/mol. The van der Waals surface area contributed by atoms with E-state index in [1.54, 1.807) is 12.1 Å². The minimum atomic E-state index is -0.406. The van der Waals surface area contributed by atoms with Gasteiger partial charge in [-0.2, -0.15) is 0 Å². The van der Waals surface area contributed by atoms with Crippen LogP contribution in [0.5, 0.6) is 5.75 Å². The maximum atomic E-state index is 13.0. The van der Waals surface area contributed by atoms with Crippen LogP contribution in [0.3, 0.4) is 0 Å². The molecular formula is C16H17ClFNO. The molecule has 0 aliphatic heterocycles. The van der Waals surface area contributed by atoms with Crippen molar-refractivity contribution in [1.29, 1.82) is 0 Å². The van der Waals surface area contributed by atoms with Crippen molar-refractivity contribution in [3.8, 4) is 5.75 Å². The maximum Gasteiger partial charge on any atom is 0.141 e. The van der Waals surface area contributed by atoms with Crippen LogP contribution >= 0.6 is 11.6 Å². The van der Waals surface area contributed by atoms with E-state index in [-0.39, 0.29) is 11.1 Å². The minimum Gasteiger partial charge on any atom is -0.494 e. The molecule has 0 radical (unpaired) electrons. The predicted octanol–water partition coefficient (Wildman–Crippen LogP) is 3.82. The van der Waals surface area contributed by atoms with Crippen LogP contribution in [0.2, 0.25) is 5.02 Å². The number of ether oxygens (including phenoxy) is 1. The van der Waals surface area contributed by atoms with Crippen LogP contribution in [0.1, 0.15) is 12.0 Å². The van der Waals surface area contributed by atoms with Gasteiger partial charge in [-0.3, -0.25) is 0 Å². The van der Waals surface area contributed by atoms with Gasteiger partial charge in [-0.15, -0.1) is 0 Å². The first-order chi connectivity index (χ1) is 9.65. The molecule has 0 saturated heterocycles. The summed E-state index contributed by atoms with van der Waals surface area (Å²) in [5.41, 5.74) is 6.98. The van der Waals surface area contributed by atoms with Crippen molar-refractivity contribution < 1.29 is 9.13 Å². The first-order valence-corrected chi connectivity index (χ1v) is 6.90. The molecule has 0 amide bonds. The van der Waals surface area contributed by atoms with Gasteiger partial charge in [0.2, 0.25) is 0 Å². The number of halogens is 2. The summed E-state index contributed by atoms with van der Waals surface area (Å²) in [4.78, 5) is 0. The zero-order chi connectivity index (χ0) is 14.4. The molecule has 20 heavy (non-hydrogen) atoms. The van der Waals surface area contributed by atoms with Crippen LogP contribution in [0, 0.1) is 5.82 Å². The van der Waals surface area contributed by atoms with E-state index in [0.717, 1.165) is 17.7 Å². The zero-order valence-electron chi connectivity index (χ0n) is 11.1. The van der Waals surface area contributed by atoms with E-state index in [9.17, 15) is 4.39 Å². The third kappa shape index (κ3) is 4.51. The molecule has 0 aliphatic rings. The van der Waals surface area contributed by atoms with Gasteiger partial charge in [-0.25, -0.2) is 4.39 Å². The third-order valence-electron chi connectivity index (χ3n) is 2.98. The molecule has 2 aromatic carbocycles.